The van der Waals surface area contributed by atoms with Gasteiger partial charge in [-0.2, -0.15) is 0 Å². The molecule has 3 aromatic rings. The zero-order chi connectivity index (χ0) is 16.8. The van der Waals surface area contributed by atoms with E-state index >= 15 is 0 Å². The van der Waals surface area contributed by atoms with E-state index in [1.807, 2.05) is 37.4 Å². The van der Waals surface area contributed by atoms with Gasteiger partial charge in [0.15, 0.2) is 0 Å². The van der Waals surface area contributed by atoms with E-state index in [9.17, 15) is 0 Å². The Labute approximate surface area is 146 Å². The Morgan fingerprint density at radius 1 is 1.00 bits per heavy atom. The molecule has 0 radical (unpaired) electrons. The molecule has 122 valence electrons. The number of hydrogen-bond donors (Lipinski definition) is 1. The molecule has 6 heteroatoms. The van der Waals surface area contributed by atoms with Crippen molar-refractivity contribution in [1.29, 1.82) is 0 Å². The van der Waals surface area contributed by atoms with Crippen LogP contribution in [0.1, 0.15) is 11.1 Å². The van der Waals surface area contributed by atoms with E-state index < -0.39 is 0 Å². The van der Waals surface area contributed by atoms with Crippen LogP contribution in [-0.2, 0) is 13.1 Å². The first kappa shape index (κ1) is 16.2. The molecule has 0 aliphatic rings. The van der Waals surface area contributed by atoms with Gasteiger partial charge in [0, 0.05) is 31.9 Å². The van der Waals surface area contributed by atoms with Crippen LogP contribution >= 0.6 is 11.6 Å². The third-order valence-electron chi connectivity index (χ3n) is 3.55. The molecule has 0 fully saturated rings. The van der Waals surface area contributed by atoms with Gasteiger partial charge in [0.1, 0.15) is 5.82 Å². The predicted octanol–water partition coefficient (Wildman–Crippen LogP) is 3.77. The van der Waals surface area contributed by atoms with Crippen molar-refractivity contribution in [2.24, 2.45) is 0 Å². The van der Waals surface area contributed by atoms with Gasteiger partial charge in [-0.3, -0.25) is 0 Å². The summed E-state index contributed by atoms with van der Waals surface area (Å²) in [7, 11) is 2.04. The molecule has 1 N–H and O–H groups in total. The summed E-state index contributed by atoms with van der Waals surface area (Å²) in [5, 5.41) is 3.72. The Hall–Kier alpha value is -2.66. The Kier molecular flexibility index (Phi) is 5.23. The molecule has 2 aromatic heterocycles. The first-order chi connectivity index (χ1) is 11.7. The van der Waals surface area contributed by atoms with E-state index in [0.717, 1.165) is 17.9 Å². The summed E-state index contributed by atoms with van der Waals surface area (Å²) in [5.74, 6) is 1.47. The van der Waals surface area contributed by atoms with Gasteiger partial charge in [0.2, 0.25) is 5.95 Å². The Morgan fingerprint density at radius 2 is 1.75 bits per heavy atom. The van der Waals surface area contributed by atoms with Crippen LogP contribution < -0.4 is 10.2 Å². The maximum Gasteiger partial charge on any atom is 0.222 e. The van der Waals surface area contributed by atoms with E-state index in [1.165, 1.54) is 5.56 Å². The smallest absolute Gasteiger partial charge is 0.222 e. The van der Waals surface area contributed by atoms with Gasteiger partial charge in [-0.25, -0.2) is 15.0 Å². The second-order valence-corrected chi connectivity index (χ2v) is 5.84. The summed E-state index contributed by atoms with van der Waals surface area (Å²) >= 11 is 5.80. The van der Waals surface area contributed by atoms with Gasteiger partial charge in [0.25, 0.3) is 0 Å². The fourth-order valence-electron chi connectivity index (χ4n) is 2.42. The summed E-state index contributed by atoms with van der Waals surface area (Å²) in [5.41, 5.74) is 2.32. The average molecular weight is 340 g/mol. The van der Waals surface area contributed by atoms with E-state index in [1.54, 1.807) is 18.6 Å². The minimum absolute atomic E-state index is 0.519. The normalized spacial score (nSPS) is 10.4. The highest BCUT2D eigenvalue weighted by Gasteiger charge is 2.09. The molecule has 1 aromatic carbocycles. The largest absolute Gasteiger partial charge is 0.355 e. The van der Waals surface area contributed by atoms with Gasteiger partial charge < -0.3 is 10.2 Å². The molecule has 0 saturated carbocycles. The minimum Gasteiger partial charge on any atom is -0.355 e. The number of rotatable bonds is 6. The first-order valence-electron chi connectivity index (χ1n) is 7.63. The molecular weight excluding hydrogens is 322 g/mol. The van der Waals surface area contributed by atoms with Gasteiger partial charge in [-0.1, -0.05) is 48.0 Å². The quantitative estimate of drug-likeness (QED) is 0.740. The van der Waals surface area contributed by atoms with Gasteiger partial charge in [0.05, 0.1) is 17.4 Å². The molecule has 0 bridgehead atoms. The van der Waals surface area contributed by atoms with Gasteiger partial charge >= 0.3 is 0 Å². The van der Waals surface area contributed by atoms with Crippen molar-refractivity contribution in [3.05, 3.63) is 77.2 Å². The van der Waals surface area contributed by atoms with Crippen molar-refractivity contribution >= 4 is 23.4 Å². The number of benzene rings is 1. The lowest BCUT2D eigenvalue weighted by Gasteiger charge is -2.21. The van der Waals surface area contributed by atoms with Crippen molar-refractivity contribution in [1.82, 2.24) is 15.0 Å². The second-order valence-electron chi connectivity index (χ2n) is 5.41. The highest BCUT2D eigenvalue weighted by molar-refractivity contribution is 6.30. The molecule has 0 atom stereocenters. The van der Waals surface area contributed by atoms with Crippen molar-refractivity contribution < 1.29 is 0 Å². The number of nitrogens with zero attached hydrogens (tertiary/aromatic N) is 4. The number of anilines is 2. The molecule has 0 unspecified atom stereocenters. The van der Waals surface area contributed by atoms with Gasteiger partial charge in [-0.15, -0.1) is 0 Å². The molecule has 0 amide bonds. The summed E-state index contributed by atoms with van der Waals surface area (Å²) in [6.07, 6.45) is 4.95. The van der Waals surface area contributed by atoms with Crippen LogP contribution in [-0.4, -0.2) is 22.0 Å². The van der Waals surface area contributed by atoms with E-state index in [0.29, 0.717) is 17.5 Å². The van der Waals surface area contributed by atoms with E-state index in [4.69, 9.17) is 11.6 Å². The number of hydrogen-bond acceptors (Lipinski definition) is 5. The van der Waals surface area contributed by atoms with Crippen molar-refractivity contribution in [2.45, 2.75) is 13.1 Å². The maximum absolute atomic E-state index is 5.80. The molecule has 0 aliphatic heterocycles. The summed E-state index contributed by atoms with van der Waals surface area (Å²) in [4.78, 5) is 15.0. The van der Waals surface area contributed by atoms with Crippen LogP contribution in [0.25, 0.3) is 0 Å². The molecule has 0 saturated heterocycles. The topological polar surface area (TPSA) is 53.9 Å². The molecule has 0 aliphatic carbocycles. The lowest BCUT2D eigenvalue weighted by Crippen LogP contribution is -2.20. The SMILES string of the molecule is CN(Cc1ccccc1)c1ncccc1CNc1ncc(Cl)cn1. The van der Waals surface area contributed by atoms with Crippen LogP contribution in [0.4, 0.5) is 11.8 Å². The second kappa shape index (κ2) is 7.75. The summed E-state index contributed by atoms with van der Waals surface area (Å²) < 4.78 is 0. The summed E-state index contributed by atoms with van der Waals surface area (Å²) in [6, 6.07) is 14.3. The zero-order valence-corrected chi connectivity index (χ0v) is 14.1. The maximum atomic E-state index is 5.80. The molecule has 5 nitrogen and oxygen atoms in total. The molecule has 3 rings (SSSR count). The van der Waals surface area contributed by atoms with Crippen LogP contribution in [0.3, 0.4) is 0 Å². The van der Waals surface area contributed by atoms with Crippen LogP contribution in [0, 0.1) is 0 Å². The summed E-state index contributed by atoms with van der Waals surface area (Å²) in [6.45, 7) is 1.38. The lowest BCUT2D eigenvalue weighted by molar-refractivity contribution is 0.880. The lowest BCUT2D eigenvalue weighted by atomic mass is 10.2. The highest BCUT2D eigenvalue weighted by atomic mass is 35.5. The first-order valence-corrected chi connectivity index (χ1v) is 8.00. The van der Waals surface area contributed by atoms with Crippen LogP contribution in [0.5, 0.6) is 0 Å². The fraction of sp³-hybridized carbons (Fsp3) is 0.167. The Morgan fingerprint density at radius 3 is 2.50 bits per heavy atom. The zero-order valence-electron chi connectivity index (χ0n) is 13.4. The fourth-order valence-corrected chi connectivity index (χ4v) is 2.52. The third kappa shape index (κ3) is 4.20. The number of nitrogens with one attached hydrogen (secondary N) is 1. The number of pyridine rings is 1. The van der Waals surface area contributed by atoms with Crippen LogP contribution in [0.15, 0.2) is 61.1 Å². The number of aromatic nitrogens is 3. The molecule has 0 spiro atoms. The standard InChI is InChI=1S/C18H18ClN5/c1-24(13-14-6-3-2-4-7-14)17-15(8-5-9-20-17)10-21-18-22-11-16(19)12-23-18/h2-9,11-12H,10,13H2,1H3,(H,21,22,23). The minimum atomic E-state index is 0.519. The highest BCUT2D eigenvalue weighted by Crippen LogP contribution is 2.19. The average Bonchev–Trinajstić information content (AvgIpc) is 2.62. The monoisotopic (exact) mass is 339 g/mol. The number of halogens is 1. The van der Waals surface area contributed by atoms with Crippen LogP contribution in [0.2, 0.25) is 5.02 Å². The van der Waals surface area contributed by atoms with Crippen molar-refractivity contribution in [3.63, 3.8) is 0 Å². The van der Waals surface area contributed by atoms with E-state index in [-0.39, 0.29) is 0 Å². The molecule has 24 heavy (non-hydrogen) atoms. The Bertz CT molecular complexity index is 777. The third-order valence-corrected chi connectivity index (χ3v) is 3.74. The molecule has 2 heterocycles. The Balaban J connectivity index is 1.71. The van der Waals surface area contributed by atoms with Crippen molar-refractivity contribution in [3.8, 4) is 0 Å². The van der Waals surface area contributed by atoms with Gasteiger partial charge in [-0.05, 0) is 11.6 Å². The molecular formula is C18H18ClN5. The predicted molar refractivity (Wildman–Crippen MR) is 97.2 cm³/mol. The van der Waals surface area contributed by atoms with Crippen molar-refractivity contribution in [2.75, 3.05) is 17.3 Å². The van der Waals surface area contributed by atoms with E-state index in [2.05, 4.69) is 37.3 Å².